The quantitative estimate of drug-likeness (QED) is 0.306. The number of hydrogen-bond donors (Lipinski definition) is 2. The number of nitro benzene ring substituents is 1. The van der Waals surface area contributed by atoms with Gasteiger partial charge in [0.05, 0.1) is 16.2 Å². The molecule has 0 radical (unpaired) electrons. The zero-order valence-corrected chi connectivity index (χ0v) is 14.3. The highest BCUT2D eigenvalue weighted by molar-refractivity contribution is 5.87. The first kappa shape index (κ1) is 17.2. The second kappa shape index (κ2) is 6.84. The molecule has 4 rings (SSSR count). The summed E-state index contributed by atoms with van der Waals surface area (Å²) in [6.07, 6.45) is 1.29. The van der Waals surface area contributed by atoms with Crippen LogP contribution < -0.4 is 0 Å². The normalized spacial score (nSPS) is 11.3. The van der Waals surface area contributed by atoms with Crippen LogP contribution in [0.5, 0.6) is 11.5 Å². The third-order valence-electron chi connectivity index (χ3n) is 4.10. The number of benzene rings is 3. The molecule has 0 bridgehead atoms. The molecule has 0 unspecified atom stereocenters. The number of aliphatic imine (C=N–C) groups is 1. The summed E-state index contributed by atoms with van der Waals surface area (Å²) in [4.78, 5) is 18.7. The van der Waals surface area contributed by atoms with Gasteiger partial charge in [0.2, 0.25) is 11.6 Å². The van der Waals surface area contributed by atoms with Gasteiger partial charge in [-0.15, -0.1) is 0 Å². The van der Waals surface area contributed by atoms with Crippen molar-refractivity contribution in [2.75, 3.05) is 0 Å². The lowest BCUT2D eigenvalue weighted by Gasteiger charge is -2.02. The number of phenolic OH excluding ortho intramolecular Hbond substituents is 2. The van der Waals surface area contributed by atoms with E-state index in [0.717, 1.165) is 0 Å². The second-order valence-electron chi connectivity index (χ2n) is 5.92. The first-order valence-corrected chi connectivity index (χ1v) is 8.22. The lowest BCUT2D eigenvalue weighted by molar-refractivity contribution is -0.385. The van der Waals surface area contributed by atoms with Crippen molar-refractivity contribution in [3.63, 3.8) is 0 Å². The Morgan fingerprint density at radius 1 is 1.07 bits per heavy atom. The first-order chi connectivity index (χ1) is 13.5. The Bertz CT molecular complexity index is 1200. The number of fused-ring (bicyclic) bond motifs is 1. The zero-order chi connectivity index (χ0) is 19.7. The van der Waals surface area contributed by atoms with E-state index >= 15 is 0 Å². The van der Waals surface area contributed by atoms with Gasteiger partial charge in [-0.25, -0.2) is 4.98 Å². The lowest BCUT2D eigenvalue weighted by atomic mass is 10.1. The van der Waals surface area contributed by atoms with Crippen LogP contribution in [0.15, 0.2) is 70.1 Å². The summed E-state index contributed by atoms with van der Waals surface area (Å²) in [5.41, 5.74) is 1.88. The van der Waals surface area contributed by atoms with E-state index in [9.17, 15) is 20.3 Å². The fraction of sp³-hybridized carbons (Fsp3) is 0. The molecular weight excluding hydrogens is 362 g/mol. The van der Waals surface area contributed by atoms with Gasteiger partial charge < -0.3 is 14.6 Å². The van der Waals surface area contributed by atoms with Crippen molar-refractivity contribution in [2.45, 2.75) is 0 Å². The molecule has 8 nitrogen and oxygen atoms in total. The summed E-state index contributed by atoms with van der Waals surface area (Å²) in [5.74, 6) is -0.265. The molecule has 0 atom stereocenters. The summed E-state index contributed by atoms with van der Waals surface area (Å²) < 4.78 is 5.65. The van der Waals surface area contributed by atoms with Gasteiger partial charge in [-0.05, 0) is 30.3 Å². The van der Waals surface area contributed by atoms with Gasteiger partial charge in [0.1, 0.15) is 11.3 Å². The standard InChI is InChI=1S/C20H13N3O5/c24-17-10-13(21-11-12-4-3-6-16(19(12)25)23(26)27)8-9-14(17)20-22-15-5-1-2-7-18(15)28-20/h1-11,24-25H. The molecule has 3 aromatic carbocycles. The highest BCUT2D eigenvalue weighted by atomic mass is 16.6. The van der Waals surface area contributed by atoms with Crippen molar-refractivity contribution < 1.29 is 19.6 Å². The first-order valence-electron chi connectivity index (χ1n) is 8.22. The summed E-state index contributed by atoms with van der Waals surface area (Å²) in [6, 6.07) is 16.1. The number of nitro groups is 1. The molecule has 2 N–H and O–H groups in total. The number of nitrogens with zero attached hydrogens (tertiary/aromatic N) is 3. The molecule has 0 aliphatic carbocycles. The maximum absolute atomic E-state index is 10.9. The molecule has 0 saturated heterocycles. The summed E-state index contributed by atoms with van der Waals surface area (Å²) >= 11 is 0. The molecule has 0 fully saturated rings. The highest BCUT2D eigenvalue weighted by Gasteiger charge is 2.15. The lowest BCUT2D eigenvalue weighted by Crippen LogP contribution is -1.91. The highest BCUT2D eigenvalue weighted by Crippen LogP contribution is 2.34. The molecule has 1 heterocycles. The van der Waals surface area contributed by atoms with Crippen molar-refractivity contribution >= 4 is 28.7 Å². The Kier molecular flexibility index (Phi) is 4.21. The van der Waals surface area contributed by atoms with Crippen LogP contribution in [-0.4, -0.2) is 26.3 Å². The van der Waals surface area contributed by atoms with Crippen molar-refractivity contribution in [3.05, 3.63) is 76.3 Å². The number of phenols is 2. The molecule has 0 spiro atoms. The maximum Gasteiger partial charge on any atom is 0.311 e. The van der Waals surface area contributed by atoms with Gasteiger partial charge in [-0.1, -0.05) is 18.2 Å². The number of hydrogen-bond acceptors (Lipinski definition) is 7. The van der Waals surface area contributed by atoms with Crippen LogP contribution in [0, 0.1) is 10.1 Å². The Morgan fingerprint density at radius 3 is 2.64 bits per heavy atom. The predicted molar refractivity (Wildman–Crippen MR) is 103 cm³/mol. The third-order valence-corrected chi connectivity index (χ3v) is 4.10. The molecule has 138 valence electrons. The van der Waals surface area contributed by atoms with Crippen LogP contribution in [0.1, 0.15) is 5.56 Å². The third kappa shape index (κ3) is 3.14. The molecule has 8 heteroatoms. The molecule has 0 aliphatic rings. The number of rotatable bonds is 4. The van der Waals surface area contributed by atoms with E-state index in [4.69, 9.17) is 4.42 Å². The minimum Gasteiger partial charge on any atom is -0.507 e. The van der Waals surface area contributed by atoms with Gasteiger partial charge in [0.25, 0.3) is 0 Å². The molecule has 0 saturated carbocycles. The molecule has 0 amide bonds. The van der Waals surface area contributed by atoms with Crippen molar-refractivity contribution in [3.8, 4) is 23.0 Å². The monoisotopic (exact) mass is 375 g/mol. The largest absolute Gasteiger partial charge is 0.507 e. The van der Waals surface area contributed by atoms with Crippen LogP contribution in [0.25, 0.3) is 22.6 Å². The van der Waals surface area contributed by atoms with Gasteiger partial charge in [0, 0.05) is 23.9 Å². The maximum atomic E-state index is 10.9. The smallest absolute Gasteiger partial charge is 0.311 e. The van der Waals surface area contributed by atoms with E-state index in [2.05, 4.69) is 9.98 Å². The van der Waals surface area contributed by atoms with E-state index in [1.807, 2.05) is 18.2 Å². The van der Waals surface area contributed by atoms with Gasteiger partial charge in [0.15, 0.2) is 5.58 Å². The predicted octanol–water partition coefficient (Wildman–Crippen LogP) is 4.56. The fourth-order valence-corrected chi connectivity index (χ4v) is 2.71. The van der Waals surface area contributed by atoms with Gasteiger partial charge in [-0.3, -0.25) is 15.1 Å². The van der Waals surface area contributed by atoms with Crippen molar-refractivity contribution in [1.82, 2.24) is 4.98 Å². The minimum absolute atomic E-state index is 0.0792. The van der Waals surface area contributed by atoms with Crippen LogP contribution in [-0.2, 0) is 0 Å². The van der Waals surface area contributed by atoms with Crippen LogP contribution in [0.4, 0.5) is 11.4 Å². The van der Waals surface area contributed by atoms with E-state index in [1.165, 1.54) is 30.5 Å². The topological polar surface area (TPSA) is 122 Å². The molecule has 28 heavy (non-hydrogen) atoms. The van der Waals surface area contributed by atoms with Crippen molar-refractivity contribution in [2.24, 2.45) is 4.99 Å². The summed E-state index contributed by atoms with van der Waals surface area (Å²) in [7, 11) is 0. The SMILES string of the molecule is O=[N+]([O-])c1cccc(C=Nc2ccc(-c3nc4ccccc4o3)c(O)c2)c1O. The number of aromatic nitrogens is 1. The van der Waals surface area contributed by atoms with Crippen LogP contribution >= 0.6 is 0 Å². The number of aromatic hydroxyl groups is 2. The number of para-hydroxylation sites is 3. The van der Waals surface area contributed by atoms with Crippen LogP contribution in [0.2, 0.25) is 0 Å². The van der Waals surface area contributed by atoms with Gasteiger partial charge in [-0.2, -0.15) is 0 Å². The van der Waals surface area contributed by atoms with E-state index in [-0.39, 0.29) is 17.2 Å². The second-order valence-corrected chi connectivity index (χ2v) is 5.92. The van der Waals surface area contributed by atoms with Crippen molar-refractivity contribution in [1.29, 1.82) is 0 Å². The summed E-state index contributed by atoms with van der Waals surface area (Å²) in [5, 5.41) is 31.2. The van der Waals surface area contributed by atoms with E-state index in [0.29, 0.717) is 22.4 Å². The van der Waals surface area contributed by atoms with E-state index in [1.54, 1.807) is 18.2 Å². The average molecular weight is 375 g/mol. The zero-order valence-electron chi connectivity index (χ0n) is 14.3. The minimum atomic E-state index is -0.673. The van der Waals surface area contributed by atoms with Gasteiger partial charge >= 0.3 is 5.69 Å². The van der Waals surface area contributed by atoms with E-state index < -0.39 is 16.4 Å². The molecule has 4 aromatic rings. The van der Waals surface area contributed by atoms with Crippen LogP contribution in [0.3, 0.4) is 0 Å². The Labute approximate surface area is 158 Å². The Balaban J connectivity index is 1.64. The molecular formula is C20H13N3O5. The Morgan fingerprint density at radius 2 is 1.89 bits per heavy atom. The Hall–Kier alpha value is -4.20. The molecule has 1 aromatic heterocycles. The molecule has 0 aliphatic heterocycles. The summed E-state index contributed by atoms with van der Waals surface area (Å²) in [6.45, 7) is 0. The average Bonchev–Trinajstić information content (AvgIpc) is 3.11. The number of oxazole rings is 1. The fourth-order valence-electron chi connectivity index (χ4n) is 2.71.